The van der Waals surface area contributed by atoms with Gasteiger partial charge in [0.05, 0.1) is 11.7 Å². The van der Waals surface area contributed by atoms with E-state index in [1.54, 1.807) is 6.07 Å². The minimum absolute atomic E-state index is 0.0416. The van der Waals surface area contributed by atoms with Crippen LogP contribution in [0.5, 0.6) is 0 Å². The first-order valence-electron chi connectivity index (χ1n) is 9.47. The van der Waals surface area contributed by atoms with E-state index in [1.165, 1.54) is 23.1 Å². The third-order valence-corrected chi connectivity index (χ3v) is 5.05. The molecule has 2 aromatic carbocycles. The molecule has 1 N–H and O–H groups in total. The number of ether oxygens (including phenoxy) is 1. The van der Waals surface area contributed by atoms with Crippen LogP contribution in [0, 0.1) is 19.7 Å². The first-order chi connectivity index (χ1) is 13.5. The average molecular weight is 384 g/mol. The van der Waals surface area contributed by atoms with Gasteiger partial charge in [-0.25, -0.2) is 4.39 Å². The predicted octanol–water partition coefficient (Wildman–Crippen LogP) is 3.70. The Morgan fingerprint density at radius 2 is 1.96 bits per heavy atom. The van der Waals surface area contributed by atoms with Crippen LogP contribution in [0.25, 0.3) is 0 Å². The lowest BCUT2D eigenvalue weighted by Crippen LogP contribution is -2.42. The first-order valence-corrected chi connectivity index (χ1v) is 9.47. The quantitative estimate of drug-likeness (QED) is 0.826. The van der Waals surface area contributed by atoms with Gasteiger partial charge in [0.15, 0.2) is 0 Å². The molecule has 0 saturated carbocycles. The fourth-order valence-corrected chi connectivity index (χ4v) is 3.31. The van der Waals surface area contributed by atoms with Crippen LogP contribution in [0.2, 0.25) is 0 Å². The molecule has 6 heteroatoms. The molecule has 3 rings (SSSR count). The van der Waals surface area contributed by atoms with Crippen molar-refractivity contribution in [1.29, 1.82) is 0 Å². The van der Waals surface area contributed by atoms with Gasteiger partial charge in [0.25, 0.3) is 5.91 Å². The van der Waals surface area contributed by atoms with E-state index < -0.39 is 11.7 Å². The number of amides is 2. The number of hydrogen-bond acceptors (Lipinski definition) is 3. The monoisotopic (exact) mass is 384 g/mol. The van der Waals surface area contributed by atoms with Crippen LogP contribution < -0.4 is 5.32 Å². The molecule has 0 spiro atoms. The summed E-state index contributed by atoms with van der Waals surface area (Å²) in [6, 6.07) is 11.5. The molecule has 2 amide bonds. The Labute approximate surface area is 164 Å². The van der Waals surface area contributed by atoms with Crippen molar-refractivity contribution in [2.75, 3.05) is 25.0 Å². The summed E-state index contributed by atoms with van der Waals surface area (Å²) >= 11 is 0. The van der Waals surface area contributed by atoms with Crippen LogP contribution >= 0.6 is 0 Å². The molecule has 148 valence electrons. The van der Waals surface area contributed by atoms with Gasteiger partial charge in [-0.05, 0) is 56.0 Å². The summed E-state index contributed by atoms with van der Waals surface area (Å²) < 4.78 is 19.7. The fourth-order valence-electron chi connectivity index (χ4n) is 3.31. The Balaban J connectivity index is 1.76. The molecule has 1 heterocycles. The van der Waals surface area contributed by atoms with Crippen molar-refractivity contribution in [2.45, 2.75) is 32.8 Å². The summed E-state index contributed by atoms with van der Waals surface area (Å²) in [5.74, 6) is -1.43. The van der Waals surface area contributed by atoms with Crippen molar-refractivity contribution in [3.05, 3.63) is 65.0 Å². The normalized spacial score (nSPS) is 16.0. The van der Waals surface area contributed by atoms with Crippen LogP contribution in [0.4, 0.5) is 10.1 Å². The van der Waals surface area contributed by atoms with Crippen molar-refractivity contribution in [3.8, 4) is 0 Å². The highest BCUT2D eigenvalue weighted by atomic mass is 19.1. The molecular weight excluding hydrogens is 359 g/mol. The molecule has 1 aliphatic rings. The average Bonchev–Trinajstić information content (AvgIpc) is 3.18. The second kappa shape index (κ2) is 8.97. The minimum Gasteiger partial charge on any atom is -0.376 e. The maximum absolute atomic E-state index is 14.1. The Bertz CT molecular complexity index is 863. The van der Waals surface area contributed by atoms with E-state index in [0.29, 0.717) is 12.3 Å². The fraction of sp³-hybridized carbons (Fsp3) is 0.364. The standard InChI is InChI=1S/C22H25FN2O3/c1-15-7-5-11-20(16(15)2)24-21(26)14-25(13-17-8-6-12-28-17)22(27)18-9-3-4-10-19(18)23/h3-5,7,9-11,17H,6,8,12-14H2,1-2H3,(H,24,26)/t17-/m1/s1. The van der Waals surface area contributed by atoms with Gasteiger partial charge in [0.2, 0.25) is 5.91 Å². The molecule has 1 saturated heterocycles. The number of aryl methyl sites for hydroxylation is 1. The SMILES string of the molecule is Cc1cccc(NC(=O)CN(C[C@H]2CCCO2)C(=O)c2ccccc2F)c1C. The molecule has 0 unspecified atom stereocenters. The van der Waals surface area contributed by atoms with Gasteiger partial charge in [-0.1, -0.05) is 24.3 Å². The molecule has 1 fully saturated rings. The number of hydrogen-bond donors (Lipinski definition) is 1. The summed E-state index contributed by atoms with van der Waals surface area (Å²) in [4.78, 5) is 26.9. The maximum Gasteiger partial charge on any atom is 0.257 e. The largest absolute Gasteiger partial charge is 0.376 e. The van der Waals surface area contributed by atoms with Crippen LogP contribution in [-0.4, -0.2) is 42.5 Å². The zero-order valence-electron chi connectivity index (χ0n) is 16.2. The molecule has 0 aliphatic carbocycles. The summed E-state index contributed by atoms with van der Waals surface area (Å²) in [5, 5.41) is 2.86. The van der Waals surface area contributed by atoms with Crippen LogP contribution in [0.3, 0.4) is 0 Å². The lowest BCUT2D eigenvalue weighted by Gasteiger charge is -2.25. The van der Waals surface area contributed by atoms with E-state index in [2.05, 4.69) is 5.32 Å². The Morgan fingerprint density at radius 3 is 2.68 bits per heavy atom. The Morgan fingerprint density at radius 1 is 1.18 bits per heavy atom. The van der Waals surface area contributed by atoms with Crippen molar-refractivity contribution in [2.24, 2.45) is 0 Å². The van der Waals surface area contributed by atoms with E-state index in [1.807, 2.05) is 32.0 Å². The lowest BCUT2D eigenvalue weighted by atomic mass is 10.1. The highest BCUT2D eigenvalue weighted by molar-refractivity contribution is 5.99. The zero-order chi connectivity index (χ0) is 20.1. The topological polar surface area (TPSA) is 58.6 Å². The number of nitrogens with one attached hydrogen (secondary N) is 1. The molecule has 0 bridgehead atoms. The molecule has 1 atom stereocenters. The van der Waals surface area contributed by atoms with E-state index in [4.69, 9.17) is 4.74 Å². The molecule has 2 aromatic rings. The lowest BCUT2D eigenvalue weighted by molar-refractivity contribution is -0.117. The first kappa shape index (κ1) is 20.0. The van der Waals surface area contributed by atoms with Crippen molar-refractivity contribution in [1.82, 2.24) is 4.90 Å². The van der Waals surface area contributed by atoms with E-state index >= 15 is 0 Å². The zero-order valence-corrected chi connectivity index (χ0v) is 16.2. The number of nitrogens with zero attached hydrogens (tertiary/aromatic N) is 1. The minimum atomic E-state index is -0.597. The van der Waals surface area contributed by atoms with Gasteiger partial charge >= 0.3 is 0 Å². The van der Waals surface area contributed by atoms with Crippen LogP contribution in [0.15, 0.2) is 42.5 Å². The van der Waals surface area contributed by atoms with Crippen molar-refractivity contribution < 1.29 is 18.7 Å². The van der Waals surface area contributed by atoms with Crippen molar-refractivity contribution in [3.63, 3.8) is 0 Å². The molecule has 0 radical (unpaired) electrons. The van der Waals surface area contributed by atoms with Gasteiger partial charge in [-0.2, -0.15) is 0 Å². The number of rotatable bonds is 6. The summed E-state index contributed by atoms with van der Waals surface area (Å²) in [6.45, 7) is 4.63. The number of carbonyl (C=O) groups excluding carboxylic acids is 2. The van der Waals surface area contributed by atoms with E-state index in [9.17, 15) is 14.0 Å². The highest BCUT2D eigenvalue weighted by Crippen LogP contribution is 2.19. The second-order valence-corrected chi connectivity index (χ2v) is 7.10. The van der Waals surface area contributed by atoms with Gasteiger partial charge in [0, 0.05) is 18.8 Å². The molecule has 28 heavy (non-hydrogen) atoms. The van der Waals surface area contributed by atoms with E-state index in [0.717, 1.165) is 24.0 Å². The maximum atomic E-state index is 14.1. The Hall–Kier alpha value is -2.73. The number of benzene rings is 2. The number of halogens is 1. The third-order valence-electron chi connectivity index (χ3n) is 5.05. The highest BCUT2D eigenvalue weighted by Gasteiger charge is 2.26. The third kappa shape index (κ3) is 4.75. The van der Waals surface area contributed by atoms with Crippen molar-refractivity contribution >= 4 is 17.5 Å². The molecule has 1 aliphatic heterocycles. The van der Waals surface area contributed by atoms with Gasteiger partial charge in [-0.3, -0.25) is 9.59 Å². The van der Waals surface area contributed by atoms with E-state index in [-0.39, 0.29) is 30.7 Å². The molecule has 0 aromatic heterocycles. The predicted molar refractivity (Wildman–Crippen MR) is 106 cm³/mol. The number of anilines is 1. The van der Waals surface area contributed by atoms with Crippen LogP contribution in [0.1, 0.15) is 34.3 Å². The van der Waals surface area contributed by atoms with Gasteiger partial charge in [-0.15, -0.1) is 0 Å². The number of carbonyl (C=O) groups is 2. The summed E-state index contributed by atoms with van der Waals surface area (Å²) in [5.41, 5.74) is 2.71. The molecule has 5 nitrogen and oxygen atoms in total. The summed E-state index contributed by atoms with van der Waals surface area (Å²) in [7, 11) is 0. The van der Waals surface area contributed by atoms with Crippen LogP contribution in [-0.2, 0) is 9.53 Å². The second-order valence-electron chi connectivity index (χ2n) is 7.10. The van der Waals surface area contributed by atoms with Gasteiger partial charge < -0.3 is 15.0 Å². The molecular formula is C22H25FN2O3. The Kier molecular flexibility index (Phi) is 6.41. The van der Waals surface area contributed by atoms with Gasteiger partial charge in [0.1, 0.15) is 12.4 Å². The smallest absolute Gasteiger partial charge is 0.257 e. The summed E-state index contributed by atoms with van der Waals surface area (Å²) in [6.07, 6.45) is 1.60.